The van der Waals surface area contributed by atoms with Gasteiger partial charge in [0.25, 0.3) is 5.91 Å². The Morgan fingerprint density at radius 3 is 2.23 bits per heavy atom. The summed E-state index contributed by atoms with van der Waals surface area (Å²) >= 11 is 0. The van der Waals surface area contributed by atoms with E-state index in [-0.39, 0.29) is 44.0 Å². The highest BCUT2D eigenvalue weighted by atomic mass is 19.1. The van der Waals surface area contributed by atoms with E-state index in [0.717, 1.165) is 12.0 Å². The van der Waals surface area contributed by atoms with Crippen molar-refractivity contribution in [2.45, 2.75) is 70.0 Å². The number of ether oxygens (including phenoxy) is 3. The highest BCUT2D eigenvalue weighted by molar-refractivity contribution is 6.08. The summed E-state index contributed by atoms with van der Waals surface area (Å²) in [4.78, 5) is 59.4. The molecule has 5 atom stereocenters. The smallest absolute Gasteiger partial charge is 0.414 e. The molecule has 0 radical (unpaired) electrons. The number of amides is 4. The highest BCUT2D eigenvalue weighted by Crippen LogP contribution is 2.59. The van der Waals surface area contributed by atoms with Crippen LogP contribution in [0.15, 0.2) is 42.5 Å². The van der Waals surface area contributed by atoms with Crippen LogP contribution in [0.4, 0.5) is 31.0 Å². The maximum atomic E-state index is 16.2. The molecule has 5 aliphatic rings. The van der Waals surface area contributed by atoms with Crippen molar-refractivity contribution in [2.24, 2.45) is 11.8 Å². The molecular weight excluding hydrogens is 623 g/mol. The van der Waals surface area contributed by atoms with E-state index in [4.69, 9.17) is 14.2 Å². The van der Waals surface area contributed by atoms with Gasteiger partial charge in [-0.2, -0.15) is 0 Å². The number of hydrogen-bond donors (Lipinski definition) is 1. The van der Waals surface area contributed by atoms with Crippen LogP contribution in [0.3, 0.4) is 0 Å². The summed E-state index contributed by atoms with van der Waals surface area (Å²) in [6.45, 7) is 6.57. The number of benzene rings is 2. The average molecular weight is 665 g/mol. The quantitative estimate of drug-likeness (QED) is 0.447. The molecule has 256 valence electrons. The number of fused-ring (bicyclic) bond motifs is 2. The number of rotatable bonds is 8. The first-order chi connectivity index (χ1) is 22.9. The molecule has 5 heterocycles. The Morgan fingerprint density at radius 2 is 1.62 bits per heavy atom. The number of carbonyl (C=O) groups excluding carboxylic acids is 4. The second-order valence-corrected chi connectivity index (χ2v) is 13.8. The summed E-state index contributed by atoms with van der Waals surface area (Å²) in [5, 5.41) is 9.85. The summed E-state index contributed by atoms with van der Waals surface area (Å²) < 4.78 is 33.3. The van der Waals surface area contributed by atoms with E-state index >= 15 is 4.39 Å². The van der Waals surface area contributed by atoms with E-state index in [1.54, 1.807) is 52.0 Å². The van der Waals surface area contributed by atoms with Crippen LogP contribution in [0.5, 0.6) is 0 Å². The highest BCUT2D eigenvalue weighted by Gasteiger charge is 2.66. The van der Waals surface area contributed by atoms with Gasteiger partial charge in [0.05, 0.1) is 50.5 Å². The van der Waals surface area contributed by atoms with Crippen LogP contribution in [0.25, 0.3) is 0 Å². The molecule has 0 bridgehead atoms. The van der Waals surface area contributed by atoms with Crippen LogP contribution >= 0.6 is 0 Å². The van der Waals surface area contributed by atoms with Gasteiger partial charge in [-0.15, -0.1) is 0 Å². The number of aliphatic hydroxyl groups is 1. The Balaban J connectivity index is 1.26. The van der Waals surface area contributed by atoms with Crippen LogP contribution in [-0.4, -0.2) is 91.3 Å². The van der Waals surface area contributed by atoms with Gasteiger partial charge in [0.2, 0.25) is 5.91 Å². The Bertz CT molecular complexity index is 1630. The molecule has 48 heavy (non-hydrogen) atoms. The van der Waals surface area contributed by atoms with Crippen molar-refractivity contribution in [3.63, 3.8) is 0 Å². The molecule has 1 N–H and O–H groups in total. The van der Waals surface area contributed by atoms with Crippen LogP contribution in [-0.2, 0) is 35.9 Å². The molecule has 4 fully saturated rings. The first-order valence-electron chi connectivity index (χ1n) is 16.6. The fourth-order valence-corrected chi connectivity index (χ4v) is 8.42. The predicted octanol–water partition coefficient (Wildman–Crippen LogP) is 4.11. The number of aliphatic hydroxyl groups excluding tert-OH is 1. The van der Waals surface area contributed by atoms with Gasteiger partial charge in [-0.3, -0.25) is 19.4 Å². The molecule has 1 spiro atoms. The average Bonchev–Trinajstić information content (AvgIpc) is 3.88. The minimum atomic E-state index is -1.81. The van der Waals surface area contributed by atoms with Crippen LogP contribution < -0.4 is 14.7 Å². The van der Waals surface area contributed by atoms with Gasteiger partial charge in [0.1, 0.15) is 18.9 Å². The van der Waals surface area contributed by atoms with Gasteiger partial charge < -0.3 is 29.1 Å². The van der Waals surface area contributed by atoms with E-state index < -0.39 is 41.4 Å². The summed E-state index contributed by atoms with van der Waals surface area (Å²) in [5.41, 5.74) is -0.367. The van der Waals surface area contributed by atoms with Crippen molar-refractivity contribution in [3.8, 4) is 0 Å². The van der Waals surface area contributed by atoms with Gasteiger partial charge >= 0.3 is 12.2 Å². The van der Waals surface area contributed by atoms with Crippen molar-refractivity contribution in [1.82, 2.24) is 4.90 Å². The largest absolute Gasteiger partial charge is 0.447 e. The summed E-state index contributed by atoms with van der Waals surface area (Å²) in [6, 6.07) is 12.3. The lowest BCUT2D eigenvalue weighted by Crippen LogP contribution is -2.45. The predicted molar refractivity (Wildman–Crippen MR) is 172 cm³/mol. The molecule has 4 saturated heterocycles. The van der Waals surface area contributed by atoms with Crippen molar-refractivity contribution >= 4 is 41.1 Å². The van der Waals surface area contributed by atoms with Crippen molar-refractivity contribution < 1.29 is 42.9 Å². The normalized spacial score (nSPS) is 28.6. The van der Waals surface area contributed by atoms with E-state index in [9.17, 15) is 24.3 Å². The second-order valence-electron chi connectivity index (χ2n) is 13.8. The number of likely N-dealkylation sites (tertiary alicyclic amines) is 1. The fraction of sp³-hybridized carbons (Fsp3) is 0.543. The van der Waals surface area contributed by atoms with E-state index in [1.807, 2.05) is 12.1 Å². The number of anilines is 3. The zero-order chi connectivity index (χ0) is 34.0. The Hall–Kier alpha value is -4.23. The lowest BCUT2D eigenvalue weighted by atomic mass is 9.71. The van der Waals surface area contributed by atoms with E-state index in [0.29, 0.717) is 55.3 Å². The van der Waals surface area contributed by atoms with Gasteiger partial charge in [-0.05, 0) is 62.6 Å². The number of cyclic esters (lactones) is 2. The van der Waals surface area contributed by atoms with Gasteiger partial charge in [-0.25, -0.2) is 14.0 Å². The first-order valence-corrected chi connectivity index (χ1v) is 16.6. The zero-order valence-electron chi connectivity index (χ0n) is 27.4. The van der Waals surface area contributed by atoms with Gasteiger partial charge in [0, 0.05) is 35.3 Å². The van der Waals surface area contributed by atoms with Crippen LogP contribution in [0.1, 0.15) is 51.2 Å². The number of halogens is 1. The molecule has 0 saturated carbocycles. The molecular formula is C35H41FN4O8. The van der Waals surface area contributed by atoms with Gasteiger partial charge in [-0.1, -0.05) is 19.1 Å². The minimum Gasteiger partial charge on any atom is -0.447 e. The molecule has 0 aliphatic carbocycles. The fourth-order valence-electron chi connectivity index (χ4n) is 8.42. The number of alkyl halides is 1. The van der Waals surface area contributed by atoms with E-state index in [2.05, 4.69) is 0 Å². The molecule has 4 amide bonds. The minimum absolute atomic E-state index is 0.137. The number of carbonyl (C=O) groups is 4. The summed E-state index contributed by atoms with van der Waals surface area (Å²) in [7, 11) is 0. The topological polar surface area (TPSA) is 129 Å². The third-order valence-electron chi connectivity index (χ3n) is 10.7. The van der Waals surface area contributed by atoms with Gasteiger partial charge in [0.15, 0.2) is 5.60 Å². The van der Waals surface area contributed by atoms with Crippen molar-refractivity contribution in [2.75, 3.05) is 54.2 Å². The van der Waals surface area contributed by atoms with E-state index in [1.165, 1.54) is 18.7 Å². The van der Waals surface area contributed by atoms with Crippen LogP contribution in [0.2, 0.25) is 0 Å². The third-order valence-corrected chi connectivity index (χ3v) is 10.7. The molecule has 12 nitrogen and oxygen atoms in total. The Morgan fingerprint density at radius 1 is 0.979 bits per heavy atom. The monoisotopic (exact) mass is 664 g/mol. The molecule has 0 aromatic heterocycles. The molecule has 5 aliphatic heterocycles. The summed E-state index contributed by atoms with van der Waals surface area (Å²) in [6.07, 6.45) is -0.508. The van der Waals surface area contributed by atoms with Crippen molar-refractivity contribution in [3.05, 3.63) is 53.6 Å². The Kier molecular flexibility index (Phi) is 8.10. The van der Waals surface area contributed by atoms with Crippen molar-refractivity contribution in [1.29, 1.82) is 0 Å². The third kappa shape index (κ3) is 5.18. The molecule has 2 aromatic rings. The first kappa shape index (κ1) is 32.3. The summed E-state index contributed by atoms with van der Waals surface area (Å²) in [5.74, 6) is -2.14. The molecule has 7 rings (SSSR count). The zero-order valence-corrected chi connectivity index (χ0v) is 27.4. The SMILES string of the molecule is C[C@H]1[C@H](C(C)(C)F)[C@@H](CC(=O)N2CCC[C@H]2CO)O[C@]12C(=O)N(Cc1ccc(N3CCOC3=O)cc1)c1ccc(N3CCOC3=O)cc12. The lowest BCUT2D eigenvalue weighted by molar-refractivity contribution is -0.150. The molecule has 0 unspecified atom stereocenters. The standard InChI is InChI=1S/C35H41FN4O8/c1-21-30(34(2,3)36)28(18-29(42)37-12-4-5-25(37)20-41)48-35(21)26-17-24(39-14-16-47-33(39)45)10-11-27(26)40(31(35)43)19-22-6-8-23(9-7-22)38-13-15-46-32(38)44/h6-11,17,21,25,28,30,41H,4-5,12-16,18-20H2,1-3H3/t21-,25-,28+,30-,35+/m0/s1. The maximum Gasteiger partial charge on any atom is 0.414 e. The Labute approximate surface area is 278 Å². The lowest BCUT2D eigenvalue weighted by Gasteiger charge is -2.33. The molecule has 13 heteroatoms. The number of nitrogens with zero attached hydrogens (tertiary/aromatic N) is 4. The second kappa shape index (κ2) is 12.0. The maximum absolute atomic E-state index is 16.2. The van der Waals surface area contributed by atoms with Crippen LogP contribution in [0, 0.1) is 11.8 Å². The number of hydrogen-bond acceptors (Lipinski definition) is 8. The molecule has 2 aromatic carbocycles.